The van der Waals surface area contributed by atoms with Crippen molar-refractivity contribution in [2.24, 2.45) is 0 Å². The summed E-state index contributed by atoms with van der Waals surface area (Å²) < 4.78 is 65.7. The van der Waals surface area contributed by atoms with Crippen LogP contribution < -0.4 is 5.32 Å². The van der Waals surface area contributed by atoms with Gasteiger partial charge in [-0.3, -0.25) is 4.79 Å². The van der Waals surface area contributed by atoms with Crippen molar-refractivity contribution in [3.05, 3.63) is 71.8 Å². The van der Waals surface area contributed by atoms with Crippen LogP contribution in [-0.2, 0) is 21.0 Å². The molecule has 9 heteroatoms. The zero-order chi connectivity index (χ0) is 23.4. The molecule has 2 rings (SSSR count). The maximum Gasteiger partial charge on any atom is 0.416 e. The number of carbonyl (C=O) groups excluding carboxylic acids is 1. The summed E-state index contributed by atoms with van der Waals surface area (Å²) in [5.41, 5.74) is 1.22. The minimum Gasteiger partial charge on any atom is -0.324 e. The molecule has 0 atom stereocenters. The number of para-hydroxylation sites is 1. The van der Waals surface area contributed by atoms with E-state index in [9.17, 15) is 26.4 Å². The Balaban J connectivity index is 2.33. The van der Waals surface area contributed by atoms with E-state index in [2.05, 4.69) is 11.9 Å². The smallest absolute Gasteiger partial charge is 0.324 e. The molecule has 0 unspecified atom stereocenters. The van der Waals surface area contributed by atoms with E-state index in [1.165, 1.54) is 6.08 Å². The number of nitrogens with zero attached hydrogens (tertiary/aromatic N) is 1. The highest BCUT2D eigenvalue weighted by Crippen LogP contribution is 2.31. The van der Waals surface area contributed by atoms with Gasteiger partial charge in [-0.15, -0.1) is 6.58 Å². The van der Waals surface area contributed by atoms with Gasteiger partial charge in [0.1, 0.15) is 0 Å². The van der Waals surface area contributed by atoms with Gasteiger partial charge in [-0.2, -0.15) is 17.5 Å². The minimum atomic E-state index is -4.69. The summed E-state index contributed by atoms with van der Waals surface area (Å²) in [6.07, 6.45) is -3.42. The molecule has 0 aliphatic carbocycles. The Labute approximate surface area is 180 Å². The molecule has 31 heavy (non-hydrogen) atoms. The molecule has 0 bridgehead atoms. The average Bonchev–Trinajstić information content (AvgIpc) is 2.68. The number of anilines is 1. The highest BCUT2D eigenvalue weighted by Gasteiger charge is 2.33. The SMILES string of the molecule is C=CCN(CC(=O)Nc1c(C)cccc1C(C)C)S(=O)(=O)c1cccc(C(F)(F)F)c1. The van der Waals surface area contributed by atoms with E-state index in [4.69, 9.17) is 0 Å². The van der Waals surface area contributed by atoms with Gasteiger partial charge in [0.05, 0.1) is 17.0 Å². The van der Waals surface area contributed by atoms with Gasteiger partial charge in [0.15, 0.2) is 0 Å². The van der Waals surface area contributed by atoms with Crippen molar-refractivity contribution in [2.45, 2.75) is 37.8 Å². The number of hydrogen-bond acceptors (Lipinski definition) is 3. The lowest BCUT2D eigenvalue weighted by Gasteiger charge is -2.22. The second-order valence-electron chi connectivity index (χ2n) is 7.35. The third-order valence-electron chi connectivity index (χ3n) is 4.64. The molecule has 2 aromatic carbocycles. The first-order chi connectivity index (χ1) is 14.4. The van der Waals surface area contributed by atoms with Crippen molar-refractivity contribution in [2.75, 3.05) is 18.4 Å². The summed E-state index contributed by atoms with van der Waals surface area (Å²) in [7, 11) is -4.37. The number of carbonyl (C=O) groups is 1. The summed E-state index contributed by atoms with van der Waals surface area (Å²) in [5, 5.41) is 2.75. The third kappa shape index (κ3) is 5.95. The number of halogens is 3. The van der Waals surface area contributed by atoms with Crippen LogP contribution in [0.25, 0.3) is 0 Å². The van der Waals surface area contributed by atoms with Crippen molar-refractivity contribution in [3.8, 4) is 0 Å². The largest absolute Gasteiger partial charge is 0.416 e. The zero-order valence-corrected chi connectivity index (χ0v) is 18.3. The van der Waals surface area contributed by atoms with Crippen LogP contribution in [0.5, 0.6) is 0 Å². The fourth-order valence-electron chi connectivity index (χ4n) is 3.06. The van der Waals surface area contributed by atoms with Crippen LogP contribution in [0, 0.1) is 6.92 Å². The maximum absolute atomic E-state index is 13.0. The number of amides is 1. The van der Waals surface area contributed by atoms with Crippen molar-refractivity contribution >= 4 is 21.6 Å². The quantitative estimate of drug-likeness (QED) is 0.574. The summed E-state index contributed by atoms with van der Waals surface area (Å²) >= 11 is 0. The van der Waals surface area contributed by atoms with Crippen LogP contribution in [0.15, 0.2) is 60.0 Å². The Morgan fingerprint density at radius 2 is 1.84 bits per heavy atom. The number of aryl methyl sites for hydroxylation is 1. The normalized spacial score (nSPS) is 12.3. The van der Waals surface area contributed by atoms with E-state index in [0.29, 0.717) is 11.8 Å². The van der Waals surface area contributed by atoms with Gasteiger partial charge in [0.25, 0.3) is 0 Å². The molecule has 1 amide bonds. The minimum absolute atomic E-state index is 0.119. The van der Waals surface area contributed by atoms with E-state index in [1.54, 1.807) is 0 Å². The zero-order valence-electron chi connectivity index (χ0n) is 17.5. The Kier molecular flexibility index (Phi) is 7.67. The molecule has 1 N–H and O–H groups in total. The molecular formula is C22H25F3N2O3S. The molecule has 0 heterocycles. The van der Waals surface area contributed by atoms with Crippen LogP contribution in [0.3, 0.4) is 0 Å². The number of sulfonamides is 1. The van der Waals surface area contributed by atoms with Gasteiger partial charge in [0.2, 0.25) is 15.9 Å². The molecule has 0 fully saturated rings. The third-order valence-corrected chi connectivity index (χ3v) is 6.45. The molecule has 0 aromatic heterocycles. The fourth-order valence-corrected chi connectivity index (χ4v) is 4.47. The van der Waals surface area contributed by atoms with Crippen molar-refractivity contribution in [3.63, 3.8) is 0 Å². The van der Waals surface area contributed by atoms with E-state index < -0.39 is 39.1 Å². The van der Waals surface area contributed by atoms with E-state index in [-0.39, 0.29) is 12.5 Å². The Morgan fingerprint density at radius 1 is 1.19 bits per heavy atom. The monoisotopic (exact) mass is 454 g/mol. The highest BCUT2D eigenvalue weighted by molar-refractivity contribution is 7.89. The second kappa shape index (κ2) is 9.65. The first-order valence-corrected chi connectivity index (χ1v) is 11.0. The topological polar surface area (TPSA) is 66.5 Å². The Hall–Kier alpha value is -2.65. The van der Waals surface area contributed by atoms with Gasteiger partial charge >= 0.3 is 6.18 Å². The Morgan fingerprint density at radius 3 is 2.42 bits per heavy atom. The van der Waals surface area contributed by atoms with Gasteiger partial charge in [-0.05, 0) is 42.2 Å². The first kappa shape index (κ1) is 24.6. The summed E-state index contributed by atoms with van der Waals surface area (Å²) in [5.74, 6) is -0.484. The molecular weight excluding hydrogens is 429 g/mol. The summed E-state index contributed by atoms with van der Waals surface area (Å²) in [4.78, 5) is 12.2. The van der Waals surface area contributed by atoms with Gasteiger partial charge in [0, 0.05) is 12.2 Å². The van der Waals surface area contributed by atoms with E-state index >= 15 is 0 Å². The number of hydrogen-bond donors (Lipinski definition) is 1. The first-order valence-electron chi connectivity index (χ1n) is 9.55. The lowest BCUT2D eigenvalue weighted by atomic mass is 9.98. The van der Waals surface area contributed by atoms with Crippen molar-refractivity contribution in [1.29, 1.82) is 0 Å². The summed E-state index contributed by atoms with van der Waals surface area (Å²) in [6.45, 7) is 8.43. The molecule has 0 aliphatic rings. The number of alkyl halides is 3. The Bertz CT molecular complexity index is 1060. The molecule has 0 radical (unpaired) electrons. The van der Waals surface area contributed by atoms with Gasteiger partial charge < -0.3 is 5.32 Å². The maximum atomic E-state index is 13.0. The second-order valence-corrected chi connectivity index (χ2v) is 9.29. The predicted octanol–water partition coefficient (Wildman–Crippen LogP) is 4.95. The van der Waals surface area contributed by atoms with E-state index in [0.717, 1.165) is 33.6 Å². The van der Waals surface area contributed by atoms with Crippen molar-refractivity contribution < 1.29 is 26.4 Å². The molecule has 0 saturated heterocycles. The van der Waals surface area contributed by atoms with Crippen molar-refractivity contribution in [1.82, 2.24) is 4.31 Å². The predicted molar refractivity (Wildman–Crippen MR) is 114 cm³/mol. The van der Waals surface area contributed by atoms with Crippen LogP contribution >= 0.6 is 0 Å². The van der Waals surface area contributed by atoms with Crippen LogP contribution in [0.4, 0.5) is 18.9 Å². The number of benzene rings is 2. The number of rotatable bonds is 8. The molecule has 168 valence electrons. The molecule has 0 spiro atoms. The average molecular weight is 455 g/mol. The number of nitrogens with one attached hydrogen (secondary N) is 1. The highest BCUT2D eigenvalue weighted by atomic mass is 32.2. The molecule has 5 nitrogen and oxygen atoms in total. The molecule has 0 aliphatic heterocycles. The van der Waals surface area contributed by atoms with Crippen LogP contribution in [0.2, 0.25) is 0 Å². The lowest BCUT2D eigenvalue weighted by Crippen LogP contribution is -2.38. The van der Waals surface area contributed by atoms with Gasteiger partial charge in [-0.1, -0.05) is 44.2 Å². The standard InChI is InChI=1S/C22H25F3N2O3S/c1-5-12-27(31(29,30)18-10-7-9-17(13-18)22(23,24)25)14-20(28)26-21-16(4)8-6-11-19(21)15(2)3/h5-11,13,15H,1,12,14H2,2-4H3,(H,26,28). The lowest BCUT2D eigenvalue weighted by molar-refractivity contribution is -0.137. The van der Waals surface area contributed by atoms with Crippen LogP contribution in [-0.4, -0.2) is 31.7 Å². The van der Waals surface area contributed by atoms with Crippen LogP contribution in [0.1, 0.15) is 36.5 Å². The fraction of sp³-hybridized carbons (Fsp3) is 0.318. The summed E-state index contributed by atoms with van der Waals surface area (Å²) in [6, 6.07) is 8.98. The molecule has 0 saturated carbocycles. The van der Waals surface area contributed by atoms with Gasteiger partial charge in [-0.25, -0.2) is 8.42 Å². The molecule has 2 aromatic rings. The van der Waals surface area contributed by atoms with E-state index in [1.807, 2.05) is 39.0 Å².